The number of aromatic nitrogens is 1. The summed E-state index contributed by atoms with van der Waals surface area (Å²) in [5, 5.41) is 1.32. The molecule has 2 amide bonds. The maximum Gasteiger partial charge on any atom is 0.242 e. The Morgan fingerprint density at radius 1 is 0.875 bits per heavy atom. The first-order chi connectivity index (χ1) is 19.5. The van der Waals surface area contributed by atoms with Crippen LogP contribution in [0.15, 0.2) is 48.5 Å². The number of hydrogen-bond acceptors (Lipinski definition) is 3. The van der Waals surface area contributed by atoms with Crippen LogP contribution in [-0.2, 0) is 35.4 Å². The SMILES string of the molecule is CN1CC2(CCCCc3ccccc3OCCCC1=O)CCN(C(=O)Cn1c3c(c4ccccc41)CCC3)CC2. The highest BCUT2D eigenvalue weighted by Crippen LogP contribution is 2.39. The van der Waals surface area contributed by atoms with Crippen molar-refractivity contribution in [3.63, 3.8) is 0 Å². The summed E-state index contributed by atoms with van der Waals surface area (Å²) >= 11 is 0. The van der Waals surface area contributed by atoms with Gasteiger partial charge in [0.05, 0.1) is 6.61 Å². The molecule has 40 heavy (non-hydrogen) atoms. The number of aryl methyl sites for hydroxylation is 2. The van der Waals surface area contributed by atoms with Gasteiger partial charge in [-0.1, -0.05) is 42.8 Å². The van der Waals surface area contributed by atoms with Crippen molar-refractivity contribution >= 4 is 22.7 Å². The Bertz CT molecular complexity index is 1370. The summed E-state index contributed by atoms with van der Waals surface area (Å²) in [6, 6.07) is 16.9. The highest BCUT2D eigenvalue weighted by atomic mass is 16.5. The molecule has 0 saturated carbocycles. The fourth-order valence-electron chi connectivity index (χ4n) is 7.41. The first-order valence-electron chi connectivity index (χ1n) is 15.3. The van der Waals surface area contributed by atoms with Crippen molar-refractivity contribution in [1.82, 2.24) is 14.4 Å². The number of carbonyl (C=O) groups excluding carboxylic acids is 2. The molecule has 1 fully saturated rings. The second kappa shape index (κ2) is 11.7. The fraction of sp³-hybridized carbons (Fsp3) is 0.529. The molecule has 0 atom stereocenters. The fourth-order valence-corrected chi connectivity index (χ4v) is 7.41. The number of carbonyl (C=O) groups is 2. The number of amides is 2. The van der Waals surface area contributed by atoms with Crippen molar-refractivity contribution < 1.29 is 14.3 Å². The van der Waals surface area contributed by atoms with Crippen LogP contribution in [0.1, 0.15) is 68.2 Å². The Hall–Kier alpha value is -3.28. The van der Waals surface area contributed by atoms with Gasteiger partial charge in [-0.25, -0.2) is 0 Å². The van der Waals surface area contributed by atoms with Crippen molar-refractivity contribution in [2.75, 3.05) is 33.3 Å². The number of benzene rings is 2. The molecule has 3 aliphatic rings. The lowest BCUT2D eigenvalue weighted by atomic mass is 9.73. The number of para-hydroxylation sites is 2. The van der Waals surface area contributed by atoms with E-state index >= 15 is 0 Å². The van der Waals surface area contributed by atoms with E-state index < -0.39 is 0 Å². The number of fused-ring (bicyclic) bond motifs is 4. The normalized spacial score (nSPS) is 20.2. The molecule has 6 heteroatoms. The second-order valence-electron chi connectivity index (χ2n) is 12.3. The number of rotatable bonds is 2. The van der Waals surface area contributed by atoms with Crippen LogP contribution in [-0.4, -0.2) is 59.5 Å². The van der Waals surface area contributed by atoms with E-state index in [1.54, 1.807) is 0 Å². The van der Waals surface area contributed by atoms with Gasteiger partial charge in [0.2, 0.25) is 11.8 Å². The molecule has 3 heterocycles. The highest BCUT2D eigenvalue weighted by Gasteiger charge is 2.37. The molecule has 6 nitrogen and oxygen atoms in total. The molecule has 0 N–H and O–H groups in total. The molecular formula is C34H43N3O3. The summed E-state index contributed by atoms with van der Waals surface area (Å²) in [5.74, 6) is 1.38. The minimum absolute atomic E-state index is 0.0721. The van der Waals surface area contributed by atoms with Gasteiger partial charge in [-0.2, -0.15) is 0 Å². The summed E-state index contributed by atoms with van der Waals surface area (Å²) in [6.45, 7) is 3.33. The maximum atomic E-state index is 13.6. The zero-order chi connectivity index (χ0) is 27.5. The van der Waals surface area contributed by atoms with E-state index in [0.29, 0.717) is 19.6 Å². The predicted octanol–water partition coefficient (Wildman–Crippen LogP) is 5.78. The van der Waals surface area contributed by atoms with Crippen LogP contribution in [0, 0.1) is 5.41 Å². The van der Waals surface area contributed by atoms with Gasteiger partial charge >= 0.3 is 0 Å². The summed E-state index contributed by atoms with van der Waals surface area (Å²) in [6.07, 6.45) is 10.8. The van der Waals surface area contributed by atoms with Gasteiger partial charge in [-0.15, -0.1) is 0 Å². The lowest BCUT2D eigenvalue weighted by molar-refractivity contribution is -0.137. The van der Waals surface area contributed by atoms with Gasteiger partial charge < -0.3 is 19.1 Å². The van der Waals surface area contributed by atoms with Crippen LogP contribution < -0.4 is 4.74 Å². The number of piperidine rings is 1. The minimum Gasteiger partial charge on any atom is -0.493 e. The largest absolute Gasteiger partial charge is 0.493 e. The van der Waals surface area contributed by atoms with E-state index in [9.17, 15) is 9.59 Å². The van der Waals surface area contributed by atoms with Gasteiger partial charge in [0.15, 0.2) is 0 Å². The van der Waals surface area contributed by atoms with Crippen molar-refractivity contribution in [1.29, 1.82) is 0 Å². The summed E-state index contributed by atoms with van der Waals surface area (Å²) in [7, 11) is 1.96. The van der Waals surface area contributed by atoms with E-state index in [1.165, 1.54) is 34.1 Å². The third-order valence-corrected chi connectivity index (χ3v) is 9.67. The summed E-state index contributed by atoms with van der Waals surface area (Å²) in [5.41, 5.74) is 5.35. The standard InChI is InChI=1S/C34H43N3O3/c1-35-25-34(18-7-6-11-26-10-2-5-16-31(26)40-23-9-17-32(35)38)19-21-36(22-20-34)33(39)24-37-29-14-4-3-12-27(29)28-13-8-15-30(28)37/h2-5,10,12,14,16H,6-9,11,13,15,17-25H2,1H3. The molecular weight excluding hydrogens is 498 g/mol. The number of ether oxygens (including phenoxy) is 1. The van der Waals surface area contributed by atoms with Gasteiger partial charge in [0.25, 0.3) is 0 Å². The Morgan fingerprint density at radius 2 is 1.68 bits per heavy atom. The number of nitrogens with zero attached hydrogens (tertiary/aromatic N) is 3. The van der Waals surface area contributed by atoms with Crippen LogP contribution >= 0.6 is 0 Å². The summed E-state index contributed by atoms with van der Waals surface area (Å²) in [4.78, 5) is 30.7. The molecule has 1 aliphatic carbocycles. The molecule has 1 saturated heterocycles. The van der Waals surface area contributed by atoms with Crippen LogP contribution in [0.25, 0.3) is 10.9 Å². The maximum absolute atomic E-state index is 13.6. The van der Waals surface area contributed by atoms with Crippen LogP contribution in [0.2, 0.25) is 0 Å². The molecule has 212 valence electrons. The molecule has 0 radical (unpaired) electrons. The molecule has 0 bridgehead atoms. The van der Waals surface area contributed by atoms with Crippen molar-refractivity contribution in [2.45, 2.75) is 77.2 Å². The Balaban J connectivity index is 1.13. The summed E-state index contributed by atoms with van der Waals surface area (Å²) < 4.78 is 8.33. The third kappa shape index (κ3) is 5.50. The smallest absolute Gasteiger partial charge is 0.242 e. The van der Waals surface area contributed by atoms with Crippen LogP contribution in [0.3, 0.4) is 0 Å². The van der Waals surface area contributed by atoms with Crippen molar-refractivity contribution in [3.8, 4) is 5.75 Å². The Morgan fingerprint density at radius 3 is 2.55 bits per heavy atom. The molecule has 1 aromatic heterocycles. The number of likely N-dealkylation sites (tertiary alicyclic amines) is 1. The van der Waals surface area contributed by atoms with Gasteiger partial charge in [0.1, 0.15) is 12.3 Å². The first-order valence-corrected chi connectivity index (χ1v) is 15.3. The van der Waals surface area contributed by atoms with E-state index in [2.05, 4.69) is 45.9 Å². The molecule has 2 aliphatic heterocycles. The van der Waals surface area contributed by atoms with E-state index in [0.717, 1.165) is 83.2 Å². The van der Waals surface area contributed by atoms with Crippen LogP contribution in [0.4, 0.5) is 0 Å². The lowest BCUT2D eigenvalue weighted by Gasteiger charge is -2.44. The predicted molar refractivity (Wildman–Crippen MR) is 159 cm³/mol. The molecule has 3 aromatic rings. The van der Waals surface area contributed by atoms with Gasteiger partial charge in [0, 0.05) is 49.7 Å². The molecule has 0 unspecified atom stereocenters. The zero-order valence-corrected chi connectivity index (χ0v) is 24.0. The lowest BCUT2D eigenvalue weighted by Crippen LogP contribution is -2.49. The highest BCUT2D eigenvalue weighted by molar-refractivity contribution is 5.88. The quantitative estimate of drug-likeness (QED) is 0.413. The van der Waals surface area contributed by atoms with Crippen molar-refractivity contribution in [3.05, 3.63) is 65.4 Å². The Labute approximate surface area is 238 Å². The average molecular weight is 542 g/mol. The number of hydrogen-bond donors (Lipinski definition) is 0. The average Bonchev–Trinajstić information content (AvgIpc) is 3.56. The second-order valence-corrected chi connectivity index (χ2v) is 12.3. The molecule has 1 spiro atoms. The van der Waals surface area contributed by atoms with Crippen LogP contribution in [0.5, 0.6) is 5.75 Å². The van der Waals surface area contributed by atoms with Gasteiger partial charge in [-0.05, 0) is 86.5 Å². The third-order valence-electron chi connectivity index (χ3n) is 9.67. The van der Waals surface area contributed by atoms with Gasteiger partial charge in [-0.3, -0.25) is 9.59 Å². The minimum atomic E-state index is 0.0721. The Kier molecular flexibility index (Phi) is 7.86. The topological polar surface area (TPSA) is 54.8 Å². The van der Waals surface area contributed by atoms with E-state index in [-0.39, 0.29) is 17.2 Å². The van der Waals surface area contributed by atoms with Crippen molar-refractivity contribution in [2.24, 2.45) is 5.41 Å². The zero-order valence-electron chi connectivity index (χ0n) is 24.0. The monoisotopic (exact) mass is 541 g/mol. The molecule has 2 aromatic carbocycles. The molecule has 6 rings (SSSR count). The first kappa shape index (κ1) is 26.9. The van der Waals surface area contributed by atoms with E-state index in [4.69, 9.17) is 4.74 Å². The van der Waals surface area contributed by atoms with E-state index in [1.807, 2.05) is 24.1 Å².